The first-order chi connectivity index (χ1) is 17.6. The van der Waals surface area contributed by atoms with Gasteiger partial charge in [-0.15, -0.1) is 0 Å². The molecule has 6 rings (SSSR count). The molecule has 0 bridgehead atoms. The minimum absolute atomic E-state index is 0.0224. The van der Waals surface area contributed by atoms with Crippen molar-refractivity contribution in [3.05, 3.63) is 11.6 Å². The van der Waals surface area contributed by atoms with Gasteiger partial charge in [-0.1, -0.05) is 13.8 Å². The third-order valence-electron chi connectivity index (χ3n) is 12.3. The van der Waals surface area contributed by atoms with Crippen molar-refractivity contribution in [2.24, 2.45) is 34.5 Å². The standard InChI is InChI=1S/C29H45N3O5/c1-27-8-6-20(31(3)26(35)32-12-10-30-11-13-32)15-19(27)4-5-22-23(27)16-24(33)28(2)21(7-9-29(22,28)36)18-14-25(34)37-17-18/h14,19-24,30,33,36H,4-13,15-17H2,1-3H3/t19-,20?,21-,22-,23+,24-,27+,28+,29+/m1/s1. The molecule has 0 spiro atoms. The summed E-state index contributed by atoms with van der Waals surface area (Å²) in [5, 5.41) is 27.5. The summed E-state index contributed by atoms with van der Waals surface area (Å²) in [5.74, 6) is 0.589. The average molecular weight is 516 g/mol. The van der Waals surface area contributed by atoms with Gasteiger partial charge in [-0.25, -0.2) is 9.59 Å². The van der Waals surface area contributed by atoms with Crippen LogP contribution in [0.2, 0.25) is 0 Å². The molecule has 3 N–H and O–H groups in total. The largest absolute Gasteiger partial charge is 0.458 e. The van der Waals surface area contributed by atoms with Crippen molar-refractivity contribution in [1.29, 1.82) is 0 Å². The van der Waals surface area contributed by atoms with Crippen LogP contribution in [0.3, 0.4) is 0 Å². The van der Waals surface area contributed by atoms with Crippen LogP contribution < -0.4 is 5.32 Å². The predicted molar refractivity (Wildman–Crippen MR) is 138 cm³/mol. The molecule has 37 heavy (non-hydrogen) atoms. The maximum Gasteiger partial charge on any atom is 0.331 e. The molecule has 1 unspecified atom stereocenters. The van der Waals surface area contributed by atoms with Gasteiger partial charge in [0.2, 0.25) is 0 Å². The van der Waals surface area contributed by atoms with Crippen LogP contribution in [0.25, 0.3) is 0 Å². The molecule has 4 aliphatic carbocycles. The second-order valence-electron chi connectivity index (χ2n) is 13.4. The van der Waals surface area contributed by atoms with E-state index in [4.69, 9.17) is 4.74 Å². The lowest BCUT2D eigenvalue weighted by molar-refractivity contribution is -0.243. The summed E-state index contributed by atoms with van der Waals surface area (Å²) in [6.07, 6.45) is 8.18. The highest BCUT2D eigenvalue weighted by molar-refractivity contribution is 5.85. The first kappa shape index (κ1) is 25.6. The quantitative estimate of drug-likeness (QED) is 0.489. The zero-order valence-corrected chi connectivity index (χ0v) is 22.7. The highest BCUT2D eigenvalue weighted by Gasteiger charge is 2.70. The zero-order valence-electron chi connectivity index (χ0n) is 22.7. The van der Waals surface area contributed by atoms with E-state index in [9.17, 15) is 19.8 Å². The predicted octanol–water partition coefficient (Wildman–Crippen LogP) is 2.54. The second-order valence-corrected chi connectivity index (χ2v) is 13.4. The van der Waals surface area contributed by atoms with Crippen molar-refractivity contribution in [1.82, 2.24) is 15.1 Å². The number of ether oxygens (including phenoxy) is 1. The molecule has 5 fully saturated rings. The van der Waals surface area contributed by atoms with Gasteiger partial charge in [-0.3, -0.25) is 0 Å². The van der Waals surface area contributed by atoms with Gasteiger partial charge in [0, 0.05) is 50.8 Å². The molecule has 8 nitrogen and oxygen atoms in total. The van der Waals surface area contributed by atoms with E-state index in [1.165, 1.54) is 0 Å². The third kappa shape index (κ3) is 3.64. The van der Waals surface area contributed by atoms with Gasteiger partial charge in [0.05, 0.1) is 11.7 Å². The highest BCUT2D eigenvalue weighted by Crippen LogP contribution is 2.70. The second kappa shape index (κ2) is 8.95. The van der Waals surface area contributed by atoms with E-state index < -0.39 is 17.1 Å². The van der Waals surface area contributed by atoms with Gasteiger partial charge in [0.25, 0.3) is 0 Å². The number of nitrogens with zero attached hydrogens (tertiary/aromatic N) is 2. The van der Waals surface area contributed by atoms with E-state index in [1.54, 1.807) is 6.08 Å². The van der Waals surface area contributed by atoms with Gasteiger partial charge >= 0.3 is 12.0 Å². The number of carbonyl (C=O) groups excluding carboxylic acids is 2. The number of amides is 2. The van der Waals surface area contributed by atoms with Crippen LogP contribution in [-0.2, 0) is 9.53 Å². The number of hydrogen-bond acceptors (Lipinski definition) is 6. The fourth-order valence-electron chi connectivity index (χ4n) is 9.95. The number of cyclic esters (lactones) is 1. The summed E-state index contributed by atoms with van der Waals surface area (Å²) < 4.78 is 5.22. The molecule has 6 aliphatic rings. The number of piperazine rings is 1. The smallest absolute Gasteiger partial charge is 0.331 e. The van der Waals surface area contributed by atoms with Crippen molar-refractivity contribution < 1.29 is 24.5 Å². The summed E-state index contributed by atoms with van der Waals surface area (Å²) in [6, 6.07) is 0.407. The summed E-state index contributed by atoms with van der Waals surface area (Å²) in [7, 11) is 1.98. The lowest BCUT2D eigenvalue weighted by Crippen LogP contribution is -2.67. The molecular weight excluding hydrogens is 470 g/mol. The molecular formula is C29H45N3O5. The number of carbonyl (C=O) groups is 2. The molecule has 0 aromatic rings. The van der Waals surface area contributed by atoms with Gasteiger partial charge in [0.1, 0.15) is 6.61 Å². The molecule has 8 heteroatoms. The topological polar surface area (TPSA) is 102 Å². The van der Waals surface area contributed by atoms with Gasteiger partial charge in [-0.05, 0) is 86.0 Å². The lowest BCUT2D eigenvalue weighted by atomic mass is 9.42. The van der Waals surface area contributed by atoms with Crippen LogP contribution in [0.1, 0.15) is 65.2 Å². The third-order valence-corrected chi connectivity index (χ3v) is 12.3. The molecule has 4 saturated carbocycles. The first-order valence-corrected chi connectivity index (χ1v) is 14.6. The number of aliphatic hydroxyl groups excluding tert-OH is 1. The minimum atomic E-state index is -0.938. The number of fused-ring (bicyclic) bond motifs is 5. The van der Waals surface area contributed by atoms with Crippen LogP contribution in [0.15, 0.2) is 11.6 Å². The van der Waals surface area contributed by atoms with E-state index in [2.05, 4.69) is 19.2 Å². The molecule has 0 aromatic carbocycles. The lowest BCUT2D eigenvalue weighted by Gasteiger charge is -2.65. The van der Waals surface area contributed by atoms with Crippen molar-refractivity contribution in [3.63, 3.8) is 0 Å². The Labute approximate surface area is 220 Å². The molecule has 2 heterocycles. The maximum atomic E-state index is 13.2. The first-order valence-electron chi connectivity index (χ1n) is 14.6. The Balaban J connectivity index is 1.21. The fraction of sp³-hybridized carbons (Fsp3) is 0.862. The van der Waals surface area contributed by atoms with Crippen molar-refractivity contribution >= 4 is 12.0 Å². The summed E-state index contributed by atoms with van der Waals surface area (Å²) in [4.78, 5) is 29.0. The van der Waals surface area contributed by atoms with Gasteiger partial charge in [0.15, 0.2) is 0 Å². The Kier molecular flexibility index (Phi) is 6.20. The monoisotopic (exact) mass is 515 g/mol. The number of nitrogens with one attached hydrogen (secondary N) is 1. The molecule has 2 aliphatic heterocycles. The van der Waals surface area contributed by atoms with Crippen LogP contribution in [-0.4, -0.2) is 89.6 Å². The fourth-order valence-corrected chi connectivity index (χ4v) is 9.95. The summed E-state index contributed by atoms with van der Waals surface area (Å²) >= 11 is 0. The Hall–Kier alpha value is -1.64. The van der Waals surface area contributed by atoms with Crippen molar-refractivity contribution in [2.75, 3.05) is 39.8 Å². The Bertz CT molecular complexity index is 981. The molecule has 1 saturated heterocycles. The highest BCUT2D eigenvalue weighted by atomic mass is 16.5. The van der Waals surface area contributed by atoms with E-state index >= 15 is 0 Å². The van der Waals surface area contributed by atoms with Crippen LogP contribution in [0.5, 0.6) is 0 Å². The van der Waals surface area contributed by atoms with E-state index in [1.807, 2.05) is 16.8 Å². The Morgan fingerprint density at radius 3 is 2.57 bits per heavy atom. The van der Waals surface area contributed by atoms with Crippen LogP contribution >= 0.6 is 0 Å². The normalized spacial score (nSPS) is 47.4. The minimum Gasteiger partial charge on any atom is -0.458 e. The van der Waals surface area contributed by atoms with Crippen LogP contribution in [0, 0.1) is 34.5 Å². The number of rotatable bonds is 2. The summed E-state index contributed by atoms with van der Waals surface area (Å²) in [5.41, 5.74) is -0.602. The van der Waals surface area contributed by atoms with Gasteiger partial charge < -0.3 is 30.1 Å². The Morgan fingerprint density at radius 1 is 1.11 bits per heavy atom. The Morgan fingerprint density at radius 2 is 1.86 bits per heavy atom. The number of esters is 1. The number of urea groups is 1. The molecule has 9 atom stereocenters. The summed E-state index contributed by atoms with van der Waals surface area (Å²) in [6.45, 7) is 8.02. The van der Waals surface area contributed by atoms with E-state index in [0.29, 0.717) is 18.8 Å². The van der Waals surface area contributed by atoms with Crippen molar-refractivity contribution in [3.8, 4) is 0 Å². The van der Waals surface area contributed by atoms with E-state index in [-0.39, 0.29) is 47.8 Å². The molecule has 0 aromatic heterocycles. The van der Waals surface area contributed by atoms with E-state index in [0.717, 1.165) is 70.3 Å². The van der Waals surface area contributed by atoms with Crippen LogP contribution in [0.4, 0.5) is 4.79 Å². The zero-order chi connectivity index (χ0) is 26.2. The van der Waals surface area contributed by atoms with Crippen molar-refractivity contribution in [2.45, 2.75) is 83.0 Å². The number of hydrogen-bond donors (Lipinski definition) is 3. The average Bonchev–Trinajstić information content (AvgIpc) is 3.44. The number of aliphatic hydroxyl groups is 2. The maximum absolute atomic E-state index is 13.2. The SMILES string of the molecule is CN(C(=O)N1CCNCC1)C1CC[C@@]2(C)[C@H](CC[C@@H]3[C@@H]2C[C@@H](O)[C@]2(C)[C@@H](C4=CC(=O)OC4)CC[C@]32O)C1. The molecule has 0 radical (unpaired) electrons. The van der Waals surface area contributed by atoms with Gasteiger partial charge in [-0.2, -0.15) is 0 Å². The molecule has 206 valence electrons. The molecule has 2 amide bonds.